The van der Waals surface area contributed by atoms with Gasteiger partial charge in [-0.05, 0) is 72.0 Å². The highest BCUT2D eigenvalue weighted by molar-refractivity contribution is 6.46. The molecular formula is C30H30N2O5. The van der Waals surface area contributed by atoms with E-state index in [4.69, 9.17) is 9.47 Å². The van der Waals surface area contributed by atoms with Gasteiger partial charge in [0.2, 0.25) is 0 Å². The molecule has 3 aromatic carbocycles. The third-order valence-electron chi connectivity index (χ3n) is 6.96. The molecule has 0 saturated carbocycles. The number of carbonyl (C=O) groups is 2. The minimum Gasteiger partial charge on any atom is -0.507 e. The molecule has 2 aliphatic rings. The molecule has 0 aliphatic carbocycles. The van der Waals surface area contributed by atoms with E-state index in [1.807, 2.05) is 79.7 Å². The second-order valence-electron chi connectivity index (χ2n) is 9.54. The van der Waals surface area contributed by atoms with Crippen LogP contribution in [0.2, 0.25) is 0 Å². The number of aryl methyl sites for hydroxylation is 1. The Morgan fingerprint density at radius 2 is 1.78 bits per heavy atom. The zero-order valence-corrected chi connectivity index (χ0v) is 21.2. The number of ketones is 1. The van der Waals surface area contributed by atoms with Gasteiger partial charge < -0.3 is 24.4 Å². The monoisotopic (exact) mass is 498 g/mol. The summed E-state index contributed by atoms with van der Waals surface area (Å²) in [4.78, 5) is 30.3. The van der Waals surface area contributed by atoms with Crippen molar-refractivity contribution in [1.29, 1.82) is 0 Å². The lowest BCUT2D eigenvalue weighted by Gasteiger charge is -2.26. The van der Waals surface area contributed by atoms with Crippen molar-refractivity contribution in [2.75, 3.05) is 32.7 Å². The highest BCUT2D eigenvalue weighted by atomic mass is 16.5. The van der Waals surface area contributed by atoms with Gasteiger partial charge >= 0.3 is 0 Å². The number of rotatable bonds is 6. The van der Waals surface area contributed by atoms with Crippen LogP contribution in [0.4, 0.5) is 5.69 Å². The Morgan fingerprint density at radius 1 is 1.05 bits per heavy atom. The number of hydrogen-bond acceptors (Lipinski definition) is 6. The van der Waals surface area contributed by atoms with Crippen LogP contribution in [0.25, 0.3) is 5.76 Å². The molecule has 1 amide bonds. The molecule has 2 heterocycles. The normalized spacial score (nSPS) is 18.4. The Hall–Kier alpha value is -4.26. The average Bonchev–Trinajstić information content (AvgIpc) is 3.17. The van der Waals surface area contributed by atoms with Gasteiger partial charge in [0, 0.05) is 31.9 Å². The van der Waals surface area contributed by atoms with E-state index < -0.39 is 17.7 Å². The third kappa shape index (κ3) is 4.65. The van der Waals surface area contributed by atoms with Crippen LogP contribution in [-0.4, -0.2) is 49.5 Å². The zero-order valence-electron chi connectivity index (χ0n) is 21.2. The molecule has 0 radical (unpaired) electrons. The maximum Gasteiger partial charge on any atom is 0.295 e. The highest BCUT2D eigenvalue weighted by Gasteiger charge is 2.46. The summed E-state index contributed by atoms with van der Waals surface area (Å²) in [5.41, 5.74) is 4.17. The average molecular weight is 499 g/mol. The minimum atomic E-state index is -0.731. The summed E-state index contributed by atoms with van der Waals surface area (Å²) in [6.07, 6.45) is 1.72. The number of anilines is 1. The smallest absolute Gasteiger partial charge is 0.295 e. The lowest BCUT2D eigenvalue weighted by molar-refractivity contribution is -0.140. The van der Waals surface area contributed by atoms with E-state index in [0.29, 0.717) is 17.9 Å². The fraction of sp³-hybridized carbons (Fsp3) is 0.267. The van der Waals surface area contributed by atoms with Crippen LogP contribution >= 0.6 is 0 Å². The summed E-state index contributed by atoms with van der Waals surface area (Å²) in [5, 5.41) is 11.5. The summed E-state index contributed by atoms with van der Waals surface area (Å²) in [6, 6.07) is 19.8. The molecule has 1 saturated heterocycles. The first kappa shape index (κ1) is 24.4. The van der Waals surface area contributed by atoms with Gasteiger partial charge in [0.1, 0.15) is 17.3 Å². The van der Waals surface area contributed by atoms with Crippen LogP contribution in [-0.2, 0) is 22.6 Å². The van der Waals surface area contributed by atoms with Gasteiger partial charge in [-0.1, -0.05) is 24.3 Å². The molecule has 0 spiro atoms. The molecule has 1 N–H and O–H groups in total. The summed E-state index contributed by atoms with van der Waals surface area (Å²) in [7, 11) is 5.49. The largest absolute Gasteiger partial charge is 0.507 e. The number of aliphatic hydroxyl groups excluding tert-OH is 1. The maximum absolute atomic E-state index is 13.4. The first-order chi connectivity index (χ1) is 17.9. The van der Waals surface area contributed by atoms with Crippen LogP contribution in [0.3, 0.4) is 0 Å². The summed E-state index contributed by atoms with van der Waals surface area (Å²) < 4.78 is 11.0. The Balaban J connectivity index is 1.60. The van der Waals surface area contributed by atoms with E-state index in [-0.39, 0.29) is 17.9 Å². The summed E-state index contributed by atoms with van der Waals surface area (Å²) in [5.74, 6) is -0.00995. The van der Waals surface area contributed by atoms with Crippen molar-refractivity contribution >= 4 is 23.1 Å². The quantitative estimate of drug-likeness (QED) is 0.301. The van der Waals surface area contributed by atoms with E-state index in [1.54, 1.807) is 13.2 Å². The van der Waals surface area contributed by atoms with Crippen molar-refractivity contribution in [3.63, 3.8) is 0 Å². The minimum absolute atomic E-state index is 0.0905. The SMILES string of the molecule is COc1ccc(CN2C(=O)C(=O)/C(=C(\O)c3ccc4c(c3)CCCO4)C2c2ccc(N(C)C)cc2)cc1. The van der Waals surface area contributed by atoms with Crippen molar-refractivity contribution in [3.8, 4) is 11.5 Å². The van der Waals surface area contributed by atoms with Crippen molar-refractivity contribution in [1.82, 2.24) is 4.90 Å². The fourth-order valence-electron chi connectivity index (χ4n) is 4.94. The van der Waals surface area contributed by atoms with Gasteiger partial charge in [-0.3, -0.25) is 9.59 Å². The van der Waals surface area contributed by atoms with Crippen molar-refractivity contribution < 1.29 is 24.2 Å². The number of hydrogen-bond donors (Lipinski definition) is 1. The van der Waals surface area contributed by atoms with Crippen LogP contribution in [0, 0.1) is 0 Å². The van der Waals surface area contributed by atoms with E-state index in [0.717, 1.165) is 41.0 Å². The molecule has 0 bridgehead atoms. The predicted octanol–water partition coefficient (Wildman–Crippen LogP) is 4.71. The van der Waals surface area contributed by atoms with E-state index >= 15 is 0 Å². The lowest BCUT2D eigenvalue weighted by atomic mass is 9.93. The van der Waals surface area contributed by atoms with Crippen LogP contribution in [0.1, 0.15) is 34.7 Å². The number of amides is 1. The molecule has 1 fully saturated rings. The van der Waals surface area contributed by atoms with Gasteiger partial charge in [0.15, 0.2) is 0 Å². The second kappa shape index (κ2) is 10.0. The zero-order chi connectivity index (χ0) is 26.1. The van der Waals surface area contributed by atoms with Gasteiger partial charge in [-0.2, -0.15) is 0 Å². The number of ether oxygens (including phenoxy) is 2. The standard InChI is InChI=1S/C30H30N2O5/c1-31(2)23-11-8-20(9-12-23)27-26(28(33)22-10-15-25-21(17-22)5-4-16-37-25)29(34)30(35)32(27)18-19-6-13-24(36-3)14-7-19/h6-15,17,27,33H,4-5,16,18H2,1-3H3/b28-26-. The Morgan fingerprint density at radius 3 is 2.46 bits per heavy atom. The van der Waals surface area contributed by atoms with E-state index in [1.165, 1.54) is 4.90 Å². The molecule has 3 aromatic rings. The Kier molecular flexibility index (Phi) is 6.61. The number of aliphatic hydroxyl groups is 1. The second-order valence-corrected chi connectivity index (χ2v) is 9.54. The molecule has 2 aliphatic heterocycles. The molecule has 37 heavy (non-hydrogen) atoms. The fourth-order valence-corrected chi connectivity index (χ4v) is 4.94. The molecule has 7 nitrogen and oxygen atoms in total. The number of benzene rings is 3. The van der Waals surface area contributed by atoms with Gasteiger partial charge in [0.05, 0.1) is 25.3 Å². The molecular weight excluding hydrogens is 468 g/mol. The summed E-state index contributed by atoms with van der Waals surface area (Å²) >= 11 is 0. The van der Waals surface area contributed by atoms with Gasteiger partial charge in [-0.25, -0.2) is 0 Å². The molecule has 1 unspecified atom stereocenters. The van der Waals surface area contributed by atoms with Crippen molar-refractivity contribution in [2.45, 2.75) is 25.4 Å². The highest BCUT2D eigenvalue weighted by Crippen LogP contribution is 2.41. The first-order valence-electron chi connectivity index (χ1n) is 12.3. The molecule has 0 aromatic heterocycles. The topological polar surface area (TPSA) is 79.3 Å². The number of likely N-dealkylation sites (tertiary alicyclic amines) is 1. The van der Waals surface area contributed by atoms with Crippen LogP contribution in [0.5, 0.6) is 11.5 Å². The van der Waals surface area contributed by atoms with E-state index in [2.05, 4.69) is 0 Å². The predicted molar refractivity (Wildman–Crippen MR) is 142 cm³/mol. The van der Waals surface area contributed by atoms with Crippen LogP contribution in [0.15, 0.2) is 72.3 Å². The Labute approximate surface area is 216 Å². The lowest BCUT2D eigenvalue weighted by Crippen LogP contribution is -2.29. The first-order valence-corrected chi connectivity index (χ1v) is 12.3. The van der Waals surface area contributed by atoms with Crippen LogP contribution < -0.4 is 14.4 Å². The molecule has 1 atom stereocenters. The number of methoxy groups -OCH3 is 1. The van der Waals surface area contributed by atoms with Gasteiger partial charge in [-0.15, -0.1) is 0 Å². The number of Topliss-reactive ketones (excluding diaryl/α,β-unsaturated/α-hetero) is 1. The molecule has 190 valence electrons. The molecule has 5 rings (SSSR count). The summed E-state index contributed by atoms with van der Waals surface area (Å²) in [6.45, 7) is 0.876. The van der Waals surface area contributed by atoms with Crippen molar-refractivity contribution in [3.05, 3.63) is 94.6 Å². The Bertz CT molecular complexity index is 1360. The number of nitrogens with zero attached hydrogens (tertiary/aromatic N) is 2. The third-order valence-corrected chi connectivity index (χ3v) is 6.96. The van der Waals surface area contributed by atoms with Crippen molar-refractivity contribution in [2.24, 2.45) is 0 Å². The maximum atomic E-state index is 13.4. The van der Waals surface area contributed by atoms with E-state index in [9.17, 15) is 14.7 Å². The molecule has 7 heteroatoms. The number of fused-ring (bicyclic) bond motifs is 1. The number of carbonyl (C=O) groups excluding carboxylic acids is 2. The van der Waals surface area contributed by atoms with Gasteiger partial charge in [0.25, 0.3) is 11.7 Å².